The third-order valence-corrected chi connectivity index (χ3v) is 6.65. The van der Waals surface area contributed by atoms with Gasteiger partial charge in [-0.1, -0.05) is 30.3 Å². The molecule has 0 aliphatic carbocycles. The van der Waals surface area contributed by atoms with Crippen molar-refractivity contribution in [3.63, 3.8) is 0 Å². The van der Waals surface area contributed by atoms with Crippen molar-refractivity contribution in [3.8, 4) is 5.75 Å². The third-order valence-electron chi connectivity index (χ3n) is 5.17. The monoisotopic (exact) mass is 456 g/mol. The number of rotatable bonds is 6. The molecule has 3 rings (SSSR count). The van der Waals surface area contributed by atoms with Gasteiger partial charge in [-0.15, -0.1) is 0 Å². The van der Waals surface area contributed by atoms with E-state index in [-0.39, 0.29) is 17.4 Å². The smallest absolute Gasteiger partial charge is 0.495 e. The summed E-state index contributed by atoms with van der Waals surface area (Å²) in [5.41, 5.74) is -4.43. The highest BCUT2D eigenvalue weighted by atomic mass is 32.2. The fourth-order valence-corrected chi connectivity index (χ4v) is 4.36. The summed E-state index contributed by atoms with van der Waals surface area (Å²) in [6, 6.07) is 12.5. The van der Waals surface area contributed by atoms with Crippen LogP contribution in [0.2, 0.25) is 0 Å². The summed E-state index contributed by atoms with van der Waals surface area (Å²) in [6.45, 7) is 2.01. The standard InChI is InChI=1S/C21H23F3N2O4S/c1-30-19-10-9-17(31(28,29)21(22,23)24)12-18(19)25-20(27)16-8-5-11-26(14-16)13-15-6-3-2-4-7-15/h2-4,6-7,9-10,12,16H,5,8,11,13-14H2,1H3,(H,25,27). The molecule has 1 amide bonds. The van der Waals surface area contributed by atoms with Crippen LogP contribution in [-0.2, 0) is 21.2 Å². The van der Waals surface area contributed by atoms with Gasteiger partial charge >= 0.3 is 5.51 Å². The van der Waals surface area contributed by atoms with Crippen LogP contribution in [0.15, 0.2) is 53.4 Å². The molecule has 2 aromatic carbocycles. The average molecular weight is 456 g/mol. The molecule has 1 atom stereocenters. The molecule has 168 valence electrons. The summed E-state index contributed by atoms with van der Waals surface area (Å²) in [4.78, 5) is 14.0. The van der Waals surface area contributed by atoms with E-state index in [0.717, 1.165) is 36.7 Å². The highest BCUT2D eigenvalue weighted by molar-refractivity contribution is 7.92. The minimum atomic E-state index is -5.54. The molecule has 10 heteroatoms. The van der Waals surface area contributed by atoms with Gasteiger partial charge in [0.1, 0.15) is 5.75 Å². The maximum absolute atomic E-state index is 12.9. The van der Waals surface area contributed by atoms with Crippen molar-refractivity contribution in [1.29, 1.82) is 0 Å². The summed E-state index contributed by atoms with van der Waals surface area (Å²) in [5, 5.41) is 2.56. The second-order valence-corrected chi connectivity index (χ2v) is 9.30. The lowest BCUT2D eigenvalue weighted by molar-refractivity contribution is -0.121. The van der Waals surface area contributed by atoms with Crippen molar-refractivity contribution in [2.45, 2.75) is 29.8 Å². The number of methoxy groups -OCH3 is 1. The lowest BCUT2D eigenvalue weighted by Crippen LogP contribution is -2.40. The number of nitrogens with one attached hydrogen (secondary N) is 1. The fraction of sp³-hybridized carbons (Fsp3) is 0.381. The lowest BCUT2D eigenvalue weighted by Gasteiger charge is -2.32. The van der Waals surface area contributed by atoms with Gasteiger partial charge in [-0.2, -0.15) is 13.2 Å². The molecule has 31 heavy (non-hydrogen) atoms. The molecule has 0 aromatic heterocycles. The first-order valence-corrected chi connectivity index (χ1v) is 11.2. The molecular weight excluding hydrogens is 433 g/mol. The second kappa shape index (κ2) is 9.27. The molecule has 0 saturated carbocycles. The van der Waals surface area contributed by atoms with Crippen molar-refractivity contribution < 1.29 is 31.1 Å². The van der Waals surface area contributed by atoms with Crippen molar-refractivity contribution in [2.75, 3.05) is 25.5 Å². The Morgan fingerprint density at radius 1 is 1.19 bits per heavy atom. The predicted octanol–water partition coefficient (Wildman–Crippen LogP) is 3.84. The molecule has 6 nitrogen and oxygen atoms in total. The molecule has 1 N–H and O–H groups in total. The van der Waals surface area contributed by atoms with Crippen molar-refractivity contribution in [3.05, 3.63) is 54.1 Å². The summed E-state index contributed by atoms with van der Waals surface area (Å²) in [5.74, 6) is -0.700. The van der Waals surface area contributed by atoms with E-state index in [1.807, 2.05) is 30.3 Å². The van der Waals surface area contributed by atoms with E-state index in [0.29, 0.717) is 19.5 Å². The topological polar surface area (TPSA) is 75.7 Å². The number of likely N-dealkylation sites (tertiary alicyclic amines) is 1. The number of sulfone groups is 1. The number of piperidine rings is 1. The van der Waals surface area contributed by atoms with E-state index in [2.05, 4.69) is 10.2 Å². The average Bonchev–Trinajstić information content (AvgIpc) is 2.73. The molecular formula is C21H23F3N2O4S. The van der Waals surface area contributed by atoms with Gasteiger partial charge in [0.25, 0.3) is 9.84 Å². The molecule has 0 spiro atoms. The first-order valence-electron chi connectivity index (χ1n) is 9.68. The van der Waals surface area contributed by atoms with Crippen molar-refractivity contribution in [1.82, 2.24) is 4.90 Å². The Morgan fingerprint density at radius 3 is 2.55 bits per heavy atom. The number of hydrogen-bond donors (Lipinski definition) is 1. The summed E-state index contributed by atoms with van der Waals surface area (Å²) < 4.78 is 67.2. The number of hydrogen-bond acceptors (Lipinski definition) is 5. The molecule has 1 aliphatic rings. The van der Waals surface area contributed by atoms with Crippen LogP contribution < -0.4 is 10.1 Å². The SMILES string of the molecule is COc1ccc(S(=O)(=O)C(F)(F)F)cc1NC(=O)C1CCCN(Cc2ccccc2)C1. The van der Waals surface area contributed by atoms with Crippen LogP contribution in [0, 0.1) is 5.92 Å². The number of benzene rings is 2. The number of nitrogens with zero attached hydrogens (tertiary/aromatic N) is 1. The van der Waals surface area contributed by atoms with Crippen molar-refractivity contribution in [2.24, 2.45) is 5.92 Å². The van der Waals surface area contributed by atoms with Gasteiger partial charge in [0.15, 0.2) is 0 Å². The number of anilines is 1. The summed E-state index contributed by atoms with van der Waals surface area (Å²) >= 11 is 0. The maximum Gasteiger partial charge on any atom is 0.501 e. The molecule has 1 aliphatic heterocycles. The van der Waals surface area contributed by atoms with Crippen LogP contribution in [-0.4, -0.2) is 44.9 Å². The van der Waals surface area contributed by atoms with Gasteiger partial charge < -0.3 is 10.1 Å². The Hall–Kier alpha value is -2.59. The molecule has 1 heterocycles. The van der Waals surface area contributed by atoms with Crippen LogP contribution in [0.3, 0.4) is 0 Å². The molecule has 2 aromatic rings. The Balaban J connectivity index is 1.75. The minimum absolute atomic E-state index is 0.0754. The van der Waals surface area contributed by atoms with E-state index in [4.69, 9.17) is 4.74 Å². The lowest BCUT2D eigenvalue weighted by atomic mass is 9.96. The fourth-order valence-electron chi connectivity index (χ4n) is 3.58. The van der Waals surface area contributed by atoms with Gasteiger partial charge in [-0.25, -0.2) is 8.42 Å². The second-order valence-electron chi connectivity index (χ2n) is 7.36. The van der Waals surface area contributed by atoms with Crippen LogP contribution in [0.4, 0.5) is 18.9 Å². The Morgan fingerprint density at radius 2 is 1.90 bits per heavy atom. The number of carbonyl (C=O) groups excluding carboxylic acids is 1. The first-order chi connectivity index (χ1) is 14.6. The molecule has 0 radical (unpaired) electrons. The zero-order valence-corrected chi connectivity index (χ0v) is 17.7. The van der Waals surface area contributed by atoms with Gasteiger partial charge in [0.2, 0.25) is 5.91 Å². The first kappa shape index (κ1) is 23.1. The van der Waals surface area contributed by atoms with Crippen molar-refractivity contribution >= 4 is 21.4 Å². The van der Waals surface area contributed by atoms with E-state index in [1.54, 1.807) is 0 Å². The van der Waals surface area contributed by atoms with Crippen LogP contribution in [0.1, 0.15) is 18.4 Å². The zero-order chi connectivity index (χ0) is 22.6. The normalized spacial score (nSPS) is 17.9. The van der Waals surface area contributed by atoms with Crippen LogP contribution in [0.25, 0.3) is 0 Å². The highest BCUT2D eigenvalue weighted by Crippen LogP contribution is 2.35. The van der Waals surface area contributed by atoms with Gasteiger partial charge in [0.05, 0.1) is 23.6 Å². The van der Waals surface area contributed by atoms with Gasteiger partial charge in [-0.05, 0) is 43.1 Å². The van der Waals surface area contributed by atoms with E-state index in [1.165, 1.54) is 7.11 Å². The van der Waals surface area contributed by atoms with Gasteiger partial charge in [0, 0.05) is 13.1 Å². The number of amides is 1. The molecule has 0 bridgehead atoms. The number of alkyl halides is 3. The minimum Gasteiger partial charge on any atom is -0.495 e. The molecule has 1 fully saturated rings. The van der Waals surface area contributed by atoms with Crippen LogP contribution in [0.5, 0.6) is 5.75 Å². The van der Waals surface area contributed by atoms with E-state index >= 15 is 0 Å². The Labute approximate surface area is 178 Å². The summed E-state index contributed by atoms with van der Waals surface area (Å²) in [7, 11) is -4.26. The summed E-state index contributed by atoms with van der Waals surface area (Å²) in [6.07, 6.45) is 1.42. The molecule has 1 saturated heterocycles. The number of carbonyl (C=O) groups is 1. The highest BCUT2D eigenvalue weighted by Gasteiger charge is 2.47. The van der Waals surface area contributed by atoms with Gasteiger partial charge in [-0.3, -0.25) is 9.69 Å². The Kier molecular flexibility index (Phi) is 6.90. The van der Waals surface area contributed by atoms with Crippen LogP contribution >= 0.6 is 0 Å². The number of ether oxygens (including phenoxy) is 1. The zero-order valence-electron chi connectivity index (χ0n) is 16.9. The quantitative estimate of drug-likeness (QED) is 0.715. The predicted molar refractivity (Wildman–Crippen MR) is 109 cm³/mol. The third kappa shape index (κ3) is 5.37. The Bertz CT molecular complexity index is 1030. The van der Waals surface area contributed by atoms with E-state index < -0.39 is 26.1 Å². The largest absolute Gasteiger partial charge is 0.501 e. The van der Waals surface area contributed by atoms with E-state index in [9.17, 15) is 26.4 Å². The molecule has 1 unspecified atom stereocenters. The number of halogens is 3. The maximum atomic E-state index is 12.9.